The fourth-order valence-electron chi connectivity index (χ4n) is 0.945. The molecule has 0 aromatic heterocycles. The Morgan fingerprint density at radius 2 is 1.77 bits per heavy atom. The number of para-hydroxylation sites is 1. The van der Waals surface area contributed by atoms with Crippen LogP contribution >= 0.6 is 12.4 Å². The zero-order valence-corrected chi connectivity index (χ0v) is 8.90. The van der Waals surface area contributed by atoms with Gasteiger partial charge in [0.1, 0.15) is 0 Å². The van der Waals surface area contributed by atoms with Gasteiger partial charge in [0, 0.05) is 11.2 Å². The van der Waals surface area contributed by atoms with Crippen LogP contribution < -0.4 is 5.32 Å². The van der Waals surface area contributed by atoms with E-state index in [0.29, 0.717) is 0 Å². The van der Waals surface area contributed by atoms with Crippen molar-refractivity contribution < 1.29 is 0 Å². The summed E-state index contributed by atoms with van der Waals surface area (Å²) in [5.74, 6) is 0. The second-order valence-electron chi connectivity index (χ2n) is 3.42. The molecule has 1 rings (SSSR count). The van der Waals surface area contributed by atoms with Gasteiger partial charge in [0.25, 0.3) is 0 Å². The molecule has 1 N–H and O–H groups in total. The highest BCUT2D eigenvalue weighted by molar-refractivity contribution is 5.85. The Morgan fingerprint density at radius 3 is 2.23 bits per heavy atom. The normalized spacial score (nSPS) is 10.0. The zero-order valence-electron chi connectivity index (χ0n) is 8.08. The first kappa shape index (κ1) is 12.0. The van der Waals surface area contributed by atoms with Gasteiger partial charge in [0.05, 0.1) is 0 Å². The van der Waals surface area contributed by atoms with Gasteiger partial charge in [-0.2, -0.15) is 0 Å². The van der Waals surface area contributed by atoms with Crippen molar-refractivity contribution in [3.63, 3.8) is 0 Å². The molecule has 0 aliphatic rings. The highest BCUT2D eigenvalue weighted by Gasteiger charge is 2.10. The monoisotopic (exact) mass is 197 g/mol. The second kappa shape index (κ2) is 4.93. The molecule has 0 atom stereocenters. The molecule has 2 heteroatoms. The Balaban J connectivity index is 0.00000144. The lowest BCUT2D eigenvalue weighted by molar-refractivity contribution is 0.715. The summed E-state index contributed by atoms with van der Waals surface area (Å²) in [6.07, 6.45) is 1.90. The van der Waals surface area contributed by atoms with Crippen LogP contribution in [0.25, 0.3) is 0 Å². The number of nitrogens with one attached hydrogen (secondary N) is 1. The molecular formula is C11H16ClN. The molecule has 0 saturated carbocycles. The van der Waals surface area contributed by atoms with Gasteiger partial charge in [0.2, 0.25) is 0 Å². The van der Waals surface area contributed by atoms with Crippen LogP contribution in [-0.4, -0.2) is 5.54 Å². The number of rotatable bonds is 3. The SMILES string of the molecule is C=CC(C)(C)Nc1ccccc1.Cl. The van der Waals surface area contributed by atoms with Crippen molar-refractivity contribution in [2.45, 2.75) is 19.4 Å². The lowest BCUT2D eigenvalue weighted by atomic mass is 10.1. The van der Waals surface area contributed by atoms with E-state index in [-0.39, 0.29) is 17.9 Å². The maximum absolute atomic E-state index is 3.77. The van der Waals surface area contributed by atoms with Crippen molar-refractivity contribution in [3.8, 4) is 0 Å². The molecule has 0 bridgehead atoms. The van der Waals surface area contributed by atoms with Gasteiger partial charge in [-0.25, -0.2) is 0 Å². The maximum atomic E-state index is 3.77. The van der Waals surface area contributed by atoms with Crippen LogP contribution in [0.5, 0.6) is 0 Å². The van der Waals surface area contributed by atoms with Crippen LogP contribution in [-0.2, 0) is 0 Å². The number of halogens is 1. The molecule has 0 unspecified atom stereocenters. The predicted octanol–water partition coefficient (Wildman–Crippen LogP) is 3.48. The Morgan fingerprint density at radius 1 is 1.23 bits per heavy atom. The fraction of sp³-hybridized carbons (Fsp3) is 0.273. The summed E-state index contributed by atoms with van der Waals surface area (Å²) in [4.78, 5) is 0. The highest BCUT2D eigenvalue weighted by Crippen LogP contribution is 2.14. The lowest BCUT2D eigenvalue weighted by Crippen LogP contribution is -2.27. The van der Waals surface area contributed by atoms with E-state index >= 15 is 0 Å². The third-order valence-electron chi connectivity index (χ3n) is 1.75. The Bertz CT molecular complexity index is 254. The van der Waals surface area contributed by atoms with E-state index in [1.165, 1.54) is 0 Å². The van der Waals surface area contributed by atoms with Gasteiger partial charge in [0.15, 0.2) is 0 Å². The van der Waals surface area contributed by atoms with Crippen LogP contribution in [0, 0.1) is 0 Å². The Labute approximate surface area is 86.3 Å². The number of anilines is 1. The van der Waals surface area contributed by atoms with Crippen molar-refractivity contribution in [2.24, 2.45) is 0 Å². The number of benzene rings is 1. The van der Waals surface area contributed by atoms with Gasteiger partial charge in [-0.15, -0.1) is 19.0 Å². The average molecular weight is 198 g/mol. The van der Waals surface area contributed by atoms with Gasteiger partial charge in [-0.05, 0) is 26.0 Å². The molecule has 0 amide bonds. The van der Waals surface area contributed by atoms with Crippen molar-refractivity contribution >= 4 is 18.1 Å². The molecule has 0 heterocycles. The molecule has 72 valence electrons. The molecule has 0 fully saturated rings. The first-order chi connectivity index (χ1) is 5.64. The Hall–Kier alpha value is -0.950. The number of hydrogen-bond acceptors (Lipinski definition) is 1. The molecular weight excluding hydrogens is 182 g/mol. The molecule has 0 radical (unpaired) electrons. The average Bonchev–Trinajstić information content (AvgIpc) is 2.06. The lowest BCUT2D eigenvalue weighted by Gasteiger charge is -2.23. The van der Waals surface area contributed by atoms with E-state index in [4.69, 9.17) is 0 Å². The van der Waals surface area contributed by atoms with Gasteiger partial charge >= 0.3 is 0 Å². The van der Waals surface area contributed by atoms with Crippen LogP contribution in [0.2, 0.25) is 0 Å². The minimum Gasteiger partial charge on any atom is -0.377 e. The topological polar surface area (TPSA) is 12.0 Å². The summed E-state index contributed by atoms with van der Waals surface area (Å²) in [5.41, 5.74) is 1.09. The molecule has 0 saturated heterocycles. The van der Waals surface area contributed by atoms with Gasteiger partial charge < -0.3 is 5.32 Å². The van der Waals surface area contributed by atoms with Crippen molar-refractivity contribution in [1.82, 2.24) is 0 Å². The van der Waals surface area contributed by atoms with Crippen molar-refractivity contribution in [2.75, 3.05) is 5.32 Å². The van der Waals surface area contributed by atoms with Crippen LogP contribution in [0.4, 0.5) is 5.69 Å². The molecule has 1 aromatic rings. The fourth-order valence-corrected chi connectivity index (χ4v) is 0.945. The van der Waals surface area contributed by atoms with Crippen LogP contribution in [0.15, 0.2) is 43.0 Å². The largest absolute Gasteiger partial charge is 0.377 e. The maximum Gasteiger partial charge on any atom is 0.0497 e. The van der Waals surface area contributed by atoms with E-state index in [0.717, 1.165) is 5.69 Å². The summed E-state index contributed by atoms with van der Waals surface area (Å²) in [6, 6.07) is 10.1. The van der Waals surface area contributed by atoms with E-state index in [2.05, 4.69) is 25.7 Å². The summed E-state index contributed by atoms with van der Waals surface area (Å²) in [5, 5.41) is 3.35. The third kappa shape index (κ3) is 4.00. The molecule has 13 heavy (non-hydrogen) atoms. The summed E-state index contributed by atoms with van der Waals surface area (Å²) < 4.78 is 0. The van der Waals surface area contributed by atoms with E-state index in [9.17, 15) is 0 Å². The van der Waals surface area contributed by atoms with Crippen molar-refractivity contribution in [1.29, 1.82) is 0 Å². The van der Waals surface area contributed by atoms with Gasteiger partial charge in [-0.1, -0.05) is 24.3 Å². The summed E-state index contributed by atoms with van der Waals surface area (Å²) in [7, 11) is 0. The Kier molecular flexibility index (Phi) is 4.57. The predicted molar refractivity (Wildman–Crippen MR) is 61.6 cm³/mol. The van der Waals surface area contributed by atoms with Crippen molar-refractivity contribution in [3.05, 3.63) is 43.0 Å². The minimum atomic E-state index is -0.0403. The van der Waals surface area contributed by atoms with E-state index in [1.807, 2.05) is 36.4 Å². The van der Waals surface area contributed by atoms with E-state index < -0.39 is 0 Å². The zero-order chi connectivity index (χ0) is 9.03. The van der Waals surface area contributed by atoms with Gasteiger partial charge in [-0.3, -0.25) is 0 Å². The first-order valence-electron chi connectivity index (χ1n) is 4.11. The molecule has 1 aromatic carbocycles. The third-order valence-corrected chi connectivity index (χ3v) is 1.75. The van der Waals surface area contributed by atoms with Crippen LogP contribution in [0.3, 0.4) is 0 Å². The standard InChI is InChI=1S/C11H15N.ClH/c1-4-11(2,3)12-10-8-6-5-7-9-10;/h4-9,12H,1H2,2-3H3;1H. The van der Waals surface area contributed by atoms with Crippen LogP contribution in [0.1, 0.15) is 13.8 Å². The number of hydrogen-bond donors (Lipinski definition) is 1. The molecule has 0 aliphatic carbocycles. The smallest absolute Gasteiger partial charge is 0.0497 e. The first-order valence-corrected chi connectivity index (χ1v) is 4.11. The quantitative estimate of drug-likeness (QED) is 0.732. The van der Waals surface area contributed by atoms with E-state index in [1.54, 1.807) is 0 Å². The highest BCUT2D eigenvalue weighted by atomic mass is 35.5. The summed E-state index contributed by atoms with van der Waals surface area (Å²) in [6.45, 7) is 7.95. The molecule has 0 spiro atoms. The molecule has 1 nitrogen and oxygen atoms in total. The minimum absolute atomic E-state index is 0. The second-order valence-corrected chi connectivity index (χ2v) is 3.42. The molecule has 0 aliphatic heterocycles. The summed E-state index contributed by atoms with van der Waals surface area (Å²) >= 11 is 0.